The molecule has 3 rings (SSSR count). The molecule has 1 aliphatic heterocycles. The summed E-state index contributed by atoms with van der Waals surface area (Å²) in [6, 6.07) is 0.291. The second-order valence-corrected chi connectivity index (χ2v) is 5.17. The van der Waals surface area contributed by atoms with Crippen LogP contribution in [0, 0.1) is 0 Å². The van der Waals surface area contributed by atoms with Gasteiger partial charge in [0.2, 0.25) is 5.89 Å². The van der Waals surface area contributed by atoms with E-state index in [4.69, 9.17) is 15.0 Å². The largest absolute Gasteiger partial charge is 0.381 e. The molecule has 0 amide bonds. The minimum atomic E-state index is 0.291. The monoisotopic (exact) mass is 237 g/mol. The van der Waals surface area contributed by atoms with E-state index in [9.17, 15) is 0 Å². The summed E-state index contributed by atoms with van der Waals surface area (Å²) >= 11 is 0. The van der Waals surface area contributed by atoms with Crippen molar-refractivity contribution >= 4 is 0 Å². The fourth-order valence-electron chi connectivity index (χ4n) is 2.77. The third kappa shape index (κ3) is 2.35. The van der Waals surface area contributed by atoms with Crippen LogP contribution in [0.3, 0.4) is 0 Å². The van der Waals surface area contributed by atoms with Gasteiger partial charge >= 0.3 is 0 Å². The average molecular weight is 237 g/mol. The highest BCUT2D eigenvalue weighted by atomic mass is 16.5. The van der Waals surface area contributed by atoms with E-state index in [2.05, 4.69) is 10.1 Å². The van der Waals surface area contributed by atoms with Crippen molar-refractivity contribution in [2.75, 3.05) is 13.2 Å². The van der Waals surface area contributed by atoms with Gasteiger partial charge in [0.15, 0.2) is 5.82 Å². The number of rotatable bonds is 2. The van der Waals surface area contributed by atoms with Crippen LogP contribution in [0.2, 0.25) is 0 Å². The summed E-state index contributed by atoms with van der Waals surface area (Å²) in [5.41, 5.74) is 5.98. The molecule has 5 nitrogen and oxygen atoms in total. The van der Waals surface area contributed by atoms with Gasteiger partial charge < -0.3 is 15.0 Å². The number of hydrogen-bond donors (Lipinski definition) is 1. The van der Waals surface area contributed by atoms with E-state index in [1.165, 1.54) is 0 Å². The predicted molar refractivity (Wildman–Crippen MR) is 61.7 cm³/mol. The minimum Gasteiger partial charge on any atom is -0.381 e. The molecule has 5 heteroatoms. The SMILES string of the molecule is NC1CCCC(c2nc(C3CCOC3)no2)C1. The van der Waals surface area contributed by atoms with Gasteiger partial charge in [-0.25, -0.2) is 0 Å². The first kappa shape index (κ1) is 11.2. The zero-order valence-electron chi connectivity index (χ0n) is 9.97. The van der Waals surface area contributed by atoms with Gasteiger partial charge in [0.25, 0.3) is 0 Å². The van der Waals surface area contributed by atoms with Gasteiger partial charge in [-0.3, -0.25) is 0 Å². The van der Waals surface area contributed by atoms with Gasteiger partial charge in [-0.1, -0.05) is 11.6 Å². The van der Waals surface area contributed by atoms with Gasteiger partial charge in [0.05, 0.1) is 6.61 Å². The summed E-state index contributed by atoms with van der Waals surface area (Å²) in [5, 5.41) is 4.09. The Morgan fingerprint density at radius 1 is 1.18 bits per heavy atom. The maximum Gasteiger partial charge on any atom is 0.229 e. The van der Waals surface area contributed by atoms with Crippen molar-refractivity contribution in [3.63, 3.8) is 0 Å². The molecule has 1 aliphatic carbocycles. The molecule has 3 atom stereocenters. The van der Waals surface area contributed by atoms with Crippen molar-refractivity contribution in [3.05, 3.63) is 11.7 Å². The van der Waals surface area contributed by atoms with Gasteiger partial charge in [-0.05, 0) is 25.7 Å². The molecule has 2 N–H and O–H groups in total. The maximum atomic E-state index is 5.98. The standard InChI is InChI=1S/C12H19N3O2/c13-10-3-1-2-8(6-10)12-14-11(15-17-12)9-4-5-16-7-9/h8-10H,1-7,13H2. The van der Waals surface area contributed by atoms with E-state index in [0.29, 0.717) is 17.9 Å². The van der Waals surface area contributed by atoms with Crippen molar-refractivity contribution in [2.45, 2.75) is 50.0 Å². The Kier molecular flexibility index (Phi) is 3.11. The van der Waals surface area contributed by atoms with Crippen molar-refractivity contribution in [3.8, 4) is 0 Å². The summed E-state index contributed by atoms with van der Waals surface area (Å²) in [7, 11) is 0. The smallest absolute Gasteiger partial charge is 0.229 e. The molecule has 1 saturated heterocycles. The van der Waals surface area contributed by atoms with Crippen LogP contribution in [0.1, 0.15) is 55.7 Å². The van der Waals surface area contributed by atoms with E-state index in [-0.39, 0.29) is 0 Å². The molecule has 2 fully saturated rings. The normalized spacial score (nSPS) is 34.1. The highest BCUT2D eigenvalue weighted by molar-refractivity contribution is 5.02. The molecule has 1 saturated carbocycles. The molecule has 1 aromatic heterocycles. The fraction of sp³-hybridized carbons (Fsp3) is 0.833. The van der Waals surface area contributed by atoms with Crippen LogP contribution in [0.25, 0.3) is 0 Å². The van der Waals surface area contributed by atoms with Crippen LogP contribution in [0.5, 0.6) is 0 Å². The number of nitrogens with zero attached hydrogens (tertiary/aromatic N) is 2. The molecule has 2 heterocycles. The van der Waals surface area contributed by atoms with Crippen LogP contribution in [0.4, 0.5) is 0 Å². The van der Waals surface area contributed by atoms with Gasteiger partial charge in [0, 0.05) is 24.5 Å². The van der Waals surface area contributed by atoms with E-state index in [1.54, 1.807) is 0 Å². The molecule has 0 spiro atoms. The summed E-state index contributed by atoms with van der Waals surface area (Å²) in [5.74, 6) is 2.28. The Balaban J connectivity index is 1.70. The first-order valence-corrected chi connectivity index (χ1v) is 6.50. The second kappa shape index (κ2) is 4.74. The molecule has 0 aromatic carbocycles. The highest BCUT2D eigenvalue weighted by Crippen LogP contribution is 2.32. The lowest BCUT2D eigenvalue weighted by molar-refractivity contribution is 0.192. The fourth-order valence-corrected chi connectivity index (χ4v) is 2.77. The Morgan fingerprint density at radius 2 is 2.12 bits per heavy atom. The lowest BCUT2D eigenvalue weighted by atomic mass is 9.86. The van der Waals surface area contributed by atoms with E-state index >= 15 is 0 Å². The van der Waals surface area contributed by atoms with Gasteiger partial charge in [-0.15, -0.1) is 0 Å². The number of nitrogens with two attached hydrogens (primary N) is 1. The lowest BCUT2D eigenvalue weighted by Crippen LogP contribution is -2.27. The van der Waals surface area contributed by atoms with Crippen LogP contribution in [-0.2, 0) is 4.74 Å². The van der Waals surface area contributed by atoms with Crippen molar-refractivity contribution in [1.82, 2.24) is 10.1 Å². The Labute approximate surface area is 101 Å². The summed E-state index contributed by atoms with van der Waals surface area (Å²) in [6.45, 7) is 1.53. The zero-order chi connectivity index (χ0) is 11.7. The summed E-state index contributed by atoms with van der Waals surface area (Å²) < 4.78 is 10.7. The van der Waals surface area contributed by atoms with Gasteiger partial charge in [0.1, 0.15) is 0 Å². The maximum absolute atomic E-state index is 5.98. The molecule has 0 radical (unpaired) electrons. The Hall–Kier alpha value is -0.940. The zero-order valence-corrected chi connectivity index (χ0v) is 9.97. The molecule has 94 valence electrons. The molecular weight excluding hydrogens is 218 g/mol. The quantitative estimate of drug-likeness (QED) is 0.844. The molecule has 3 unspecified atom stereocenters. The van der Waals surface area contributed by atoms with E-state index < -0.39 is 0 Å². The number of hydrogen-bond acceptors (Lipinski definition) is 5. The third-order valence-electron chi connectivity index (χ3n) is 3.82. The van der Waals surface area contributed by atoms with Gasteiger partial charge in [-0.2, -0.15) is 4.98 Å². The average Bonchev–Trinajstić information content (AvgIpc) is 3.00. The number of ether oxygens (including phenoxy) is 1. The molecule has 2 aliphatic rings. The van der Waals surface area contributed by atoms with Crippen LogP contribution in [0.15, 0.2) is 4.52 Å². The first-order chi connectivity index (χ1) is 8.33. The Bertz CT molecular complexity index is 374. The van der Waals surface area contributed by atoms with Crippen LogP contribution < -0.4 is 5.73 Å². The van der Waals surface area contributed by atoms with E-state index in [0.717, 1.165) is 57.0 Å². The topological polar surface area (TPSA) is 74.2 Å². The summed E-state index contributed by atoms with van der Waals surface area (Å²) in [6.07, 6.45) is 5.38. The van der Waals surface area contributed by atoms with Crippen molar-refractivity contribution < 1.29 is 9.26 Å². The number of aromatic nitrogens is 2. The summed E-state index contributed by atoms with van der Waals surface area (Å²) in [4.78, 5) is 4.54. The van der Waals surface area contributed by atoms with Crippen molar-refractivity contribution in [1.29, 1.82) is 0 Å². The molecular formula is C12H19N3O2. The Morgan fingerprint density at radius 3 is 2.88 bits per heavy atom. The van der Waals surface area contributed by atoms with E-state index in [1.807, 2.05) is 0 Å². The molecule has 17 heavy (non-hydrogen) atoms. The molecule has 0 bridgehead atoms. The molecule has 1 aromatic rings. The van der Waals surface area contributed by atoms with Crippen LogP contribution >= 0.6 is 0 Å². The predicted octanol–water partition coefficient (Wildman–Crippen LogP) is 1.56. The third-order valence-corrected chi connectivity index (χ3v) is 3.82. The highest BCUT2D eigenvalue weighted by Gasteiger charge is 2.28. The van der Waals surface area contributed by atoms with Crippen molar-refractivity contribution in [2.24, 2.45) is 5.73 Å². The van der Waals surface area contributed by atoms with Crippen LogP contribution in [-0.4, -0.2) is 29.4 Å². The first-order valence-electron chi connectivity index (χ1n) is 6.50. The minimum absolute atomic E-state index is 0.291. The lowest BCUT2D eigenvalue weighted by Gasteiger charge is -2.23. The second-order valence-electron chi connectivity index (χ2n) is 5.17.